The van der Waals surface area contributed by atoms with Gasteiger partial charge in [-0.15, -0.1) is 0 Å². The van der Waals surface area contributed by atoms with Crippen LogP contribution in [0.1, 0.15) is 30.7 Å². The number of esters is 1. The van der Waals surface area contributed by atoms with Gasteiger partial charge in [0.1, 0.15) is 6.67 Å². The fourth-order valence-electron chi connectivity index (χ4n) is 4.27. The number of fused-ring (bicyclic) bond motifs is 2. The van der Waals surface area contributed by atoms with Crippen LogP contribution in [0.4, 0.5) is 4.39 Å². The smallest absolute Gasteiger partial charge is 0.310 e. The summed E-state index contributed by atoms with van der Waals surface area (Å²) in [6.07, 6.45) is 2.93. The topological polar surface area (TPSA) is 29.5 Å². The largest absolute Gasteiger partial charge is 0.469 e. The first-order valence-electron chi connectivity index (χ1n) is 7.80. The zero-order valence-electron chi connectivity index (χ0n) is 12.7. The van der Waals surface area contributed by atoms with E-state index in [0.29, 0.717) is 12.6 Å². The number of ether oxygens (including phenoxy) is 1. The van der Waals surface area contributed by atoms with Gasteiger partial charge in [-0.3, -0.25) is 9.69 Å². The summed E-state index contributed by atoms with van der Waals surface area (Å²) in [4.78, 5) is 14.6. The Morgan fingerprint density at radius 3 is 2.73 bits per heavy atom. The van der Waals surface area contributed by atoms with Gasteiger partial charge in [0.05, 0.1) is 13.0 Å². The van der Waals surface area contributed by atoms with E-state index in [-0.39, 0.29) is 30.5 Å². The monoisotopic (exact) mass is 417 g/mol. The molecule has 2 aliphatic heterocycles. The molecule has 2 saturated heterocycles. The summed E-state index contributed by atoms with van der Waals surface area (Å²) in [5.74, 6) is -0.161. The lowest BCUT2D eigenvalue weighted by atomic mass is 9.76. The van der Waals surface area contributed by atoms with Gasteiger partial charge >= 0.3 is 5.97 Å². The Bertz CT molecular complexity index is 536. The molecule has 0 spiro atoms. The lowest BCUT2D eigenvalue weighted by Crippen LogP contribution is -2.51. The average molecular weight is 417 g/mol. The van der Waals surface area contributed by atoms with Crippen LogP contribution < -0.4 is 0 Å². The zero-order chi connectivity index (χ0) is 15.7. The molecule has 0 unspecified atom stereocenters. The second-order valence-corrected chi connectivity index (χ2v) is 7.41. The summed E-state index contributed by atoms with van der Waals surface area (Å²) in [5.41, 5.74) is 1.20. The fraction of sp³-hybridized carbons (Fsp3) is 0.588. The number of methoxy groups -OCH3 is 1. The Balaban J connectivity index is 1.92. The molecule has 22 heavy (non-hydrogen) atoms. The molecular formula is C17H21FINO2. The van der Waals surface area contributed by atoms with Crippen LogP contribution in [0.5, 0.6) is 0 Å². The third kappa shape index (κ3) is 2.89. The molecule has 2 bridgehead atoms. The minimum absolute atomic E-state index is 0.117. The van der Waals surface area contributed by atoms with Crippen molar-refractivity contribution >= 4 is 28.6 Å². The molecule has 1 aromatic rings. The van der Waals surface area contributed by atoms with Gasteiger partial charge in [-0.05, 0) is 59.5 Å². The SMILES string of the molecule is COC(=O)[C@@H]1[C@@H](c2ccc(I)cc2)C[C@@H]2CC[C@H]1N2CCF. The number of halogens is 2. The summed E-state index contributed by atoms with van der Waals surface area (Å²) in [6.45, 7) is 0.0807. The van der Waals surface area contributed by atoms with Gasteiger partial charge in [0.15, 0.2) is 0 Å². The minimum atomic E-state index is -0.352. The van der Waals surface area contributed by atoms with Crippen LogP contribution in [0, 0.1) is 9.49 Å². The molecule has 1 aromatic carbocycles. The van der Waals surface area contributed by atoms with E-state index in [4.69, 9.17) is 4.74 Å². The number of hydrogen-bond donors (Lipinski definition) is 0. The molecule has 2 heterocycles. The van der Waals surface area contributed by atoms with E-state index in [2.05, 4.69) is 51.8 Å². The number of carbonyl (C=O) groups excluding carboxylic acids is 1. The molecule has 3 nitrogen and oxygen atoms in total. The number of hydrogen-bond acceptors (Lipinski definition) is 3. The van der Waals surface area contributed by atoms with E-state index < -0.39 is 0 Å². The molecule has 0 aliphatic carbocycles. The first-order chi connectivity index (χ1) is 10.7. The van der Waals surface area contributed by atoms with Crippen molar-refractivity contribution in [2.24, 2.45) is 5.92 Å². The summed E-state index contributed by atoms with van der Waals surface area (Å²) >= 11 is 2.29. The fourth-order valence-corrected chi connectivity index (χ4v) is 4.63. The highest BCUT2D eigenvalue weighted by Gasteiger charge is 2.50. The van der Waals surface area contributed by atoms with Crippen molar-refractivity contribution in [2.45, 2.75) is 37.3 Å². The summed E-state index contributed by atoms with van der Waals surface area (Å²) in [6, 6.07) is 8.91. The first-order valence-corrected chi connectivity index (χ1v) is 8.88. The van der Waals surface area contributed by atoms with Crippen molar-refractivity contribution in [3.63, 3.8) is 0 Å². The van der Waals surface area contributed by atoms with E-state index in [1.807, 2.05) is 0 Å². The van der Waals surface area contributed by atoms with E-state index in [1.54, 1.807) is 0 Å². The van der Waals surface area contributed by atoms with Crippen LogP contribution in [-0.2, 0) is 9.53 Å². The number of carbonyl (C=O) groups is 1. The van der Waals surface area contributed by atoms with Crippen molar-refractivity contribution in [2.75, 3.05) is 20.3 Å². The highest BCUT2D eigenvalue weighted by atomic mass is 127. The lowest BCUT2D eigenvalue weighted by Gasteiger charge is -2.43. The Hall–Kier alpha value is -0.690. The van der Waals surface area contributed by atoms with Gasteiger partial charge in [-0.25, -0.2) is 4.39 Å². The van der Waals surface area contributed by atoms with Crippen LogP contribution >= 0.6 is 22.6 Å². The van der Waals surface area contributed by atoms with E-state index >= 15 is 0 Å². The lowest BCUT2D eigenvalue weighted by molar-refractivity contribution is -0.150. The second-order valence-electron chi connectivity index (χ2n) is 6.17. The maximum absolute atomic E-state index is 12.9. The van der Waals surface area contributed by atoms with Crippen LogP contribution in [0.3, 0.4) is 0 Å². The zero-order valence-corrected chi connectivity index (χ0v) is 14.8. The molecular weight excluding hydrogens is 396 g/mol. The van der Waals surface area contributed by atoms with Gasteiger partial charge in [0.2, 0.25) is 0 Å². The van der Waals surface area contributed by atoms with E-state index in [0.717, 1.165) is 19.3 Å². The van der Waals surface area contributed by atoms with Crippen molar-refractivity contribution in [1.29, 1.82) is 0 Å². The number of benzene rings is 1. The quantitative estimate of drug-likeness (QED) is 0.556. The molecule has 0 amide bonds. The third-order valence-corrected chi connectivity index (χ3v) is 5.90. The Labute approximate surface area is 144 Å². The Morgan fingerprint density at radius 1 is 1.36 bits per heavy atom. The second kappa shape index (κ2) is 6.83. The predicted octanol–water partition coefficient (Wildman–Crippen LogP) is 3.37. The summed E-state index contributed by atoms with van der Waals surface area (Å²) in [7, 11) is 1.45. The van der Waals surface area contributed by atoms with Crippen molar-refractivity contribution in [3.8, 4) is 0 Å². The standard InChI is InChI=1S/C17H21FINO2/c1-22-17(21)16-14(11-2-4-12(19)5-3-11)10-13-6-7-15(16)20(13)9-8-18/h2-5,13-16H,6-10H2,1H3/t13-,14+,15+,16+/m0/s1. The third-order valence-electron chi connectivity index (χ3n) is 5.18. The van der Waals surface area contributed by atoms with Crippen LogP contribution in [0.2, 0.25) is 0 Å². The molecule has 2 aliphatic rings. The van der Waals surface area contributed by atoms with Crippen LogP contribution in [0.25, 0.3) is 0 Å². The van der Waals surface area contributed by atoms with Crippen molar-refractivity contribution < 1.29 is 13.9 Å². The van der Waals surface area contributed by atoms with Gasteiger partial charge in [0, 0.05) is 28.1 Å². The molecule has 0 N–H and O–H groups in total. The minimum Gasteiger partial charge on any atom is -0.469 e. The van der Waals surface area contributed by atoms with Gasteiger partial charge in [0.25, 0.3) is 0 Å². The van der Waals surface area contributed by atoms with Gasteiger partial charge in [-0.1, -0.05) is 12.1 Å². The molecule has 120 valence electrons. The molecule has 3 rings (SSSR count). The van der Waals surface area contributed by atoms with Crippen molar-refractivity contribution in [3.05, 3.63) is 33.4 Å². The normalized spacial score (nSPS) is 31.2. The molecule has 0 saturated carbocycles. The van der Waals surface area contributed by atoms with Crippen LogP contribution in [-0.4, -0.2) is 43.3 Å². The molecule has 2 fully saturated rings. The maximum Gasteiger partial charge on any atom is 0.310 e. The van der Waals surface area contributed by atoms with Gasteiger partial charge < -0.3 is 4.74 Å². The Kier molecular flexibility index (Phi) is 5.02. The maximum atomic E-state index is 12.9. The Morgan fingerprint density at radius 2 is 2.09 bits per heavy atom. The first kappa shape index (κ1) is 16.2. The van der Waals surface area contributed by atoms with Crippen molar-refractivity contribution in [1.82, 2.24) is 4.90 Å². The average Bonchev–Trinajstić information content (AvgIpc) is 2.80. The molecule has 4 atom stereocenters. The number of alkyl halides is 1. The summed E-state index contributed by atoms with van der Waals surface area (Å²) in [5, 5.41) is 0. The van der Waals surface area contributed by atoms with Crippen LogP contribution in [0.15, 0.2) is 24.3 Å². The number of nitrogens with zero attached hydrogens (tertiary/aromatic N) is 1. The summed E-state index contributed by atoms with van der Waals surface area (Å²) < 4.78 is 19.1. The molecule has 5 heteroatoms. The van der Waals surface area contributed by atoms with Gasteiger partial charge in [-0.2, -0.15) is 0 Å². The van der Waals surface area contributed by atoms with E-state index in [9.17, 15) is 9.18 Å². The highest BCUT2D eigenvalue weighted by molar-refractivity contribution is 14.1. The molecule has 0 radical (unpaired) electrons. The highest BCUT2D eigenvalue weighted by Crippen LogP contribution is 2.47. The predicted molar refractivity (Wildman–Crippen MR) is 91.5 cm³/mol. The van der Waals surface area contributed by atoms with E-state index in [1.165, 1.54) is 16.2 Å². The number of rotatable bonds is 4. The molecule has 0 aromatic heterocycles. The number of piperidine rings is 1.